The maximum absolute atomic E-state index is 8.54. The van der Waals surface area contributed by atoms with E-state index >= 15 is 0 Å². The third-order valence-electron chi connectivity index (χ3n) is 0.274. The van der Waals surface area contributed by atoms with Gasteiger partial charge in [-0.05, 0) is 29.5 Å². The Bertz CT molecular complexity index is 75.3. The van der Waals surface area contributed by atoms with Gasteiger partial charge in [-0.2, -0.15) is 0 Å². The third-order valence-corrected chi connectivity index (χ3v) is 1.58. The summed E-state index contributed by atoms with van der Waals surface area (Å²) in [6.45, 7) is 1.64. The Labute approximate surface area is 60.3 Å². The Morgan fingerprint density at radius 2 is 2.43 bits per heavy atom. The van der Waals surface area contributed by atoms with Crippen LogP contribution in [0.15, 0.2) is 0 Å². The van der Waals surface area contributed by atoms with E-state index in [1.807, 2.05) is 22.6 Å². The zero-order valence-electron chi connectivity index (χ0n) is 3.81. The summed E-state index contributed by atoms with van der Waals surface area (Å²) < 4.78 is 0.424. The highest BCUT2D eigenvalue weighted by molar-refractivity contribution is 14.1. The standard InChI is InChI=1S/C3H6INOS/c1-2(6)7-3(4)5/h2,5-6H,1H3. The van der Waals surface area contributed by atoms with Gasteiger partial charge in [0.15, 0.2) is 0 Å². The fourth-order valence-electron chi connectivity index (χ4n) is 0.150. The number of halogens is 1. The Hall–Kier alpha value is 0.710. The highest BCUT2D eigenvalue weighted by atomic mass is 127. The summed E-state index contributed by atoms with van der Waals surface area (Å²) in [7, 11) is 0. The van der Waals surface area contributed by atoms with E-state index in [0.29, 0.717) is 3.05 Å². The molecule has 1 atom stereocenters. The normalized spacial score (nSPS) is 13.6. The molecule has 0 amide bonds. The van der Waals surface area contributed by atoms with E-state index in [1.54, 1.807) is 6.92 Å². The Morgan fingerprint density at radius 1 is 2.00 bits per heavy atom. The number of nitrogens with one attached hydrogen (secondary N) is 1. The second-order valence-corrected chi connectivity index (χ2v) is 4.13. The van der Waals surface area contributed by atoms with Crippen LogP contribution in [0, 0.1) is 5.41 Å². The van der Waals surface area contributed by atoms with Crippen LogP contribution in [0.5, 0.6) is 0 Å². The topological polar surface area (TPSA) is 44.1 Å². The number of hydrogen-bond acceptors (Lipinski definition) is 3. The van der Waals surface area contributed by atoms with Crippen LogP contribution in [-0.2, 0) is 0 Å². The van der Waals surface area contributed by atoms with Gasteiger partial charge >= 0.3 is 0 Å². The maximum Gasteiger partial charge on any atom is 0.128 e. The van der Waals surface area contributed by atoms with E-state index in [4.69, 9.17) is 10.5 Å². The second-order valence-electron chi connectivity index (χ2n) is 0.991. The molecule has 0 aliphatic carbocycles. The Morgan fingerprint density at radius 3 is 2.43 bits per heavy atom. The summed E-state index contributed by atoms with van der Waals surface area (Å²) in [6.07, 6.45) is 0. The van der Waals surface area contributed by atoms with Gasteiger partial charge in [-0.15, -0.1) is 0 Å². The molecule has 0 saturated carbocycles. The monoisotopic (exact) mass is 231 g/mol. The molecule has 0 saturated heterocycles. The van der Waals surface area contributed by atoms with Crippen molar-refractivity contribution in [2.24, 2.45) is 0 Å². The van der Waals surface area contributed by atoms with Crippen LogP contribution in [-0.4, -0.2) is 13.6 Å². The van der Waals surface area contributed by atoms with Crippen molar-refractivity contribution in [3.63, 3.8) is 0 Å². The van der Waals surface area contributed by atoms with E-state index in [0.717, 1.165) is 11.8 Å². The van der Waals surface area contributed by atoms with Crippen molar-refractivity contribution < 1.29 is 5.11 Å². The second kappa shape index (κ2) is 3.68. The van der Waals surface area contributed by atoms with Crippen molar-refractivity contribution in [2.45, 2.75) is 12.4 Å². The van der Waals surface area contributed by atoms with Gasteiger partial charge < -0.3 is 5.11 Å². The number of aliphatic hydroxyl groups excluding tert-OH is 1. The highest BCUT2D eigenvalue weighted by Crippen LogP contribution is 2.12. The minimum atomic E-state index is -0.440. The number of hydrogen-bond donors (Lipinski definition) is 2. The zero-order chi connectivity index (χ0) is 5.86. The smallest absolute Gasteiger partial charge is 0.128 e. The number of rotatable bonds is 1. The summed E-state index contributed by atoms with van der Waals surface area (Å²) in [5.74, 6) is 0. The first-order chi connectivity index (χ1) is 3.13. The fourth-order valence-corrected chi connectivity index (χ4v) is 1.55. The maximum atomic E-state index is 8.54. The first-order valence-electron chi connectivity index (χ1n) is 1.71. The lowest BCUT2D eigenvalue weighted by Crippen LogP contribution is -1.92. The van der Waals surface area contributed by atoms with E-state index < -0.39 is 5.44 Å². The number of aliphatic hydroxyl groups is 1. The van der Waals surface area contributed by atoms with E-state index in [9.17, 15) is 0 Å². The quantitative estimate of drug-likeness (QED) is 0.310. The molecule has 2 nitrogen and oxygen atoms in total. The van der Waals surface area contributed by atoms with E-state index in [1.165, 1.54) is 0 Å². The molecule has 0 fully saturated rings. The van der Waals surface area contributed by atoms with Crippen LogP contribution < -0.4 is 0 Å². The summed E-state index contributed by atoms with van der Waals surface area (Å²) in [6, 6.07) is 0. The predicted molar refractivity (Wildman–Crippen MR) is 41.0 cm³/mol. The SMILES string of the molecule is CC(O)SC(=N)I. The van der Waals surface area contributed by atoms with Crippen molar-refractivity contribution in [2.75, 3.05) is 0 Å². The van der Waals surface area contributed by atoms with Gasteiger partial charge in [0.2, 0.25) is 0 Å². The van der Waals surface area contributed by atoms with Crippen LogP contribution >= 0.6 is 34.4 Å². The molecule has 0 radical (unpaired) electrons. The van der Waals surface area contributed by atoms with E-state index in [-0.39, 0.29) is 0 Å². The lowest BCUT2D eigenvalue weighted by atomic mass is 10.9. The molecule has 4 heteroatoms. The van der Waals surface area contributed by atoms with Gasteiger partial charge in [0, 0.05) is 0 Å². The molecular formula is C3H6INOS. The predicted octanol–water partition coefficient (Wildman–Crippen LogP) is 1.43. The summed E-state index contributed by atoms with van der Waals surface area (Å²) in [5.41, 5.74) is -0.440. The lowest BCUT2D eigenvalue weighted by Gasteiger charge is -1.96. The molecule has 0 aliphatic heterocycles. The molecule has 0 aromatic rings. The Balaban J connectivity index is 3.13. The molecule has 0 aromatic heterocycles. The third kappa shape index (κ3) is 6.71. The van der Waals surface area contributed by atoms with Crippen LogP contribution in [0.3, 0.4) is 0 Å². The van der Waals surface area contributed by atoms with Crippen molar-refractivity contribution in [3.05, 3.63) is 0 Å². The van der Waals surface area contributed by atoms with Crippen molar-refractivity contribution in [1.82, 2.24) is 0 Å². The fraction of sp³-hybridized carbons (Fsp3) is 0.667. The van der Waals surface area contributed by atoms with Gasteiger partial charge in [-0.25, -0.2) is 0 Å². The van der Waals surface area contributed by atoms with E-state index in [2.05, 4.69) is 0 Å². The minimum Gasteiger partial charge on any atom is -0.382 e. The van der Waals surface area contributed by atoms with Crippen molar-refractivity contribution in [1.29, 1.82) is 5.41 Å². The van der Waals surface area contributed by atoms with Crippen LogP contribution in [0.25, 0.3) is 0 Å². The van der Waals surface area contributed by atoms with Gasteiger partial charge in [-0.3, -0.25) is 5.41 Å². The average molecular weight is 231 g/mol. The largest absolute Gasteiger partial charge is 0.382 e. The average Bonchev–Trinajstić information content (AvgIpc) is 1.27. The van der Waals surface area contributed by atoms with Gasteiger partial charge in [0.05, 0.1) is 0 Å². The van der Waals surface area contributed by atoms with Gasteiger partial charge in [0.1, 0.15) is 8.49 Å². The summed E-state index contributed by atoms with van der Waals surface area (Å²) in [5, 5.41) is 15.4. The molecule has 1 unspecified atom stereocenters. The molecular weight excluding hydrogens is 225 g/mol. The van der Waals surface area contributed by atoms with Crippen LogP contribution in [0.2, 0.25) is 0 Å². The van der Waals surface area contributed by atoms with Crippen LogP contribution in [0.4, 0.5) is 0 Å². The molecule has 7 heavy (non-hydrogen) atoms. The molecule has 42 valence electrons. The summed E-state index contributed by atoms with van der Waals surface area (Å²) in [4.78, 5) is 0. The number of thioether (sulfide) groups is 1. The van der Waals surface area contributed by atoms with Crippen molar-refractivity contribution >= 4 is 37.4 Å². The first kappa shape index (κ1) is 7.71. The molecule has 0 spiro atoms. The Kier molecular flexibility index (Phi) is 4.05. The molecule has 0 heterocycles. The molecule has 2 N–H and O–H groups in total. The first-order valence-corrected chi connectivity index (χ1v) is 3.67. The van der Waals surface area contributed by atoms with Gasteiger partial charge in [-0.1, -0.05) is 11.8 Å². The lowest BCUT2D eigenvalue weighted by molar-refractivity contribution is 0.285. The molecule has 0 aliphatic rings. The van der Waals surface area contributed by atoms with Crippen molar-refractivity contribution in [3.8, 4) is 0 Å². The van der Waals surface area contributed by atoms with Crippen LogP contribution in [0.1, 0.15) is 6.92 Å². The molecule has 0 aromatic carbocycles. The minimum absolute atomic E-state index is 0.424. The summed E-state index contributed by atoms with van der Waals surface area (Å²) >= 11 is 2.98. The highest BCUT2D eigenvalue weighted by Gasteiger charge is 1.95. The zero-order valence-corrected chi connectivity index (χ0v) is 6.78. The molecule has 0 rings (SSSR count). The molecule has 0 bridgehead atoms. The van der Waals surface area contributed by atoms with Gasteiger partial charge in [0.25, 0.3) is 0 Å².